The normalized spacial score (nSPS) is 17.1. The Balaban J connectivity index is 1.80. The third kappa shape index (κ3) is 5.04. The minimum absolute atomic E-state index is 0.137. The molecule has 0 saturated heterocycles. The van der Waals surface area contributed by atoms with Gasteiger partial charge in [-0.2, -0.15) is 0 Å². The Morgan fingerprint density at radius 1 is 1.24 bits per heavy atom. The van der Waals surface area contributed by atoms with Crippen LogP contribution in [-0.4, -0.2) is 23.7 Å². The molecule has 1 aliphatic carbocycles. The Kier molecular flexibility index (Phi) is 5.61. The maximum absolute atomic E-state index is 11.8. The first kappa shape index (κ1) is 15.8. The van der Waals surface area contributed by atoms with Crippen LogP contribution >= 0.6 is 11.3 Å². The number of nitrogens with one attached hydrogen (secondary N) is 2. The van der Waals surface area contributed by atoms with Crippen LogP contribution in [0.5, 0.6) is 0 Å². The molecule has 1 aromatic rings. The van der Waals surface area contributed by atoms with Crippen LogP contribution in [0, 0.1) is 5.41 Å². The van der Waals surface area contributed by atoms with Crippen LogP contribution in [0.4, 0.5) is 4.79 Å². The van der Waals surface area contributed by atoms with Crippen molar-refractivity contribution in [3.8, 4) is 0 Å². The van der Waals surface area contributed by atoms with Crippen molar-refractivity contribution < 1.29 is 14.7 Å². The van der Waals surface area contributed by atoms with Gasteiger partial charge in [-0.15, -0.1) is 11.3 Å². The Hall–Kier alpha value is -1.56. The topological polar surface area (TPSA) is 78.4 Å². The van der Waals surface area contributed by atoms with Gasteiger partial charge < -0.3 is 15.7 Å². The van der Waals surface area contributed by atoms with E-state index in [1.165, 1.54) is 0 Å². The second-order valence-corrected chi connectivity index (χ2v) is 6.78. The highest BCUT2D eigenvalue weighted by molar-refractivity contribution is 7.09. The van der Waals surface area contributed by atoms with E-state index < -0.39 is 5.97 Å². The van der Waals surface area contributed by atoms with Gasteiger partial charge in [0.05, 0.1) is 13.0 Å². The third-order valence-electron chi connectivity index (χ3n) is 4.07. The van der Waals surface area contributed by atoms with Crippen molar-refractivity contribution >= 4 is 23.3 Å². The largest absolute Gasteiger partial charge is 0.481 e. The molecule has 0 bridgehead atoms. The number of urea groups is 1. The zero-order valence-corrected chi connectivity index (χ0v) is 12.9. The molecular weight excluding hydrogens is 288 g/mol. The molecule has 2 amide bonds. The molecule has 21 heavy (non-hydrogen) atoms. The summed E-state index contributed by atoms with van der Waals surface area (Å²) in [5.41, 5.74) is -0.273. The van der Waals surface area contributed by atoms with E-state index in [2.05, 4.69) is 10.6 Å². The summed E-state index contributed by atoms with van der Waals surface area (Å²) in [4.78, 5) is 24.0. The lowest BCUT2D eigenvalue weighted by molar-refractivity contribution is -0.140. The highest BCUT2D eigenvalue weighted by Crippen LogP contribution is 2.38. The summed E-state index contributed by atoms with van der Waals surface area (Å²) in [5, 5.41) is 16.7. The predicted octanol–water partition coefficient (Wildman–Crippen LogP) is 2.97. The van der Waals surface area contributed by atoms with Gasteiger partial charge in [0.2, 0.25) is 0 Å². The number of carboxylic acids is 1. The zero-order chi connectivity index (χ0) is 15.1. The molecule has 0 atom stereocenters. The second kappa shape index (κ2) is 7.45. The van der Waals surface area contributed by atoms with Crippen molar-refractivity contribution in [2.45, 2.75) is 45.1 Å². The van der Waals surface area contributed by atoms with Gasteiger partial charge in [0, 0.05) is 11.4 Å². The van der Waals surface area contributed by atoms with E-state index in [4.69, 9.17) is 5.11 Å². The van der Waals surface area contributed by atoms with E-state index in [1.807, 2.05) is 17.5 Å². The molecule has 1 saturated carbocycles. The molecule has 1 aromatic heterocycles. The van der Waals surface area contributed by atoms with Crippen molar-refractivity contribution in [2.24, 2.45) is 5.41 Å². The number of carboxylic acid groups (broad SMARTS) is 1. The molecule has 116 valence electrons. The monoisotopic (exact) mass is 310 g/mol. The first-order chi connectivity index (χ1) is 10.1. The molecule has 0 unspecified atom stereocenters. The highest BCUT2D eigenvalue weighted by Gasteiger charge is 2.34. The van der Waals surface area contributed by atoms with Gasteiger partial charge >= 0.3 is 12.0 Å². The average molecular weight is 310 g/mol. The number of thiophene rings is 1. The van der Waals surface area contributed by atoms with Crippen molar-refractivity contribution in [1.29, 1.82) is 0 Å². The van der Waals surface area contributed by atoms with Gasteiger partial charge in [-0.1, -0.05) is 25.3 Å². The SMILES string of the molecule is O=C(O)CC1(CNC(=O)NCc2cccs2)CCCCC1. The van der Waals surface area contributed by atoms with Crippen molar-refractivity contribution in [2.75, 3.05) is 6.54 Å². The number of aliphatic carboxylic acids is 1. The Morgan fingerprint density at radius 3 is 2.62 bits per heavy atom. The fraction of sp³-hybridized carbons (Fsp3) is 0.600. The van der Waals surface area contributed by atoms with E-state index >= 15 is 0 Å². The molecule has 1 aliphatic rings. The fourth-order valence-corrected chi connectivity index (χ4v) is 3.59. The second-order valence-electron chi connectivity index (χ2n) is 5.75. The van der Waals surface area contributed by atoms with E-state index in [0.29, 0.717) is 13.1 Å². The average Bonchev–Trinajstić information content (AvgIpc) is 2.96. The molecule has 1 fully saturated rings. The summed E-state index contributed by atoms with van der Waals surface area (Å²) in [6, 6.07) is 3.69. The van der Waals surface area contributed by atoms with E-state index in [-0.39, 0.29) is 17.9 Å². The zero-order valence-electron chi connectivity index (χ0n) is 12.1. The smallest absolute Gasteiger partial charge is 0.315 e. The van der Waals surface area contributed by atoms with E-state index in [1.54, 1.807) is 11.3 Å². The number of amides is 2. The number of hydrogen-bond donors (Lipinski definition) is 3. The van der Waals surface area contributed by atoms with Crippen molar-refractivity contribution in [1.82, 2.24) is 10.6 Å². The van der Waals surface area contributed by atoms with Crippen LogP contribution in [0.15, 0.2) is 17.5 Å². The van der Waals surface area contributed by atoms with E-state index in [0.717, 1.165) is 37.0 Å². The van der Waals surface area contributed by atoms with Gasteiger partial charge in [0.1, 0.15) is 0 Å². The summed E-state index contributed by atoms with van der Waals surface area (Å²) < 4.78 is 0. The van der Waals surface area contributed by atoms with E-state index in [9.17, 15) is 9.59 Å². The van der Waals surface area contributed by atoms with Crippen LogP contribution in [0.1, 0.15) is 43.4 Å². The first-order valence-corrected chi connectivity index (χ1v) is 8.24. The molecular formula is C15H22N2O3S. The minimum Gasteiger partial charge on any atom is -0.481 e. The number of rotatable bonds is 6. The number of carbonyl (C=O) groups excluding carboxylic acids is 1. The molecule has 2 rings (SSSR count). The Bertz CT molecular complexity index is 467. The van der Waals surface area contributed by atoms with Gasteiger partial charge in [-0.05, 0) is 29.7 Å². The van der Waals surface area contributed by atoms with Crippen LogP contribution in [-0.2, 0) is 11.3 Å². The number of carbonyl (C=O) groups is 2. The van der Waals surface area contributed by atoms with Crippen molar-refractivity contribution in [3.63, 3.8) is 0 Å². The summed E-state index contributed by atoms with van der Waals surface area (Å²) in [7, 11) is 0. The molecule has 6 heteroatoms. The highest BCUT2D eigenvalue weighted by atomic mass is 32.1. The standard InChI is InChI=1S/C15H22N2O3S/c18-13(19)9-15(6-2-1-3-7-15)11-17-14(20)16-10-12-5-4-8-21-12/h4-5,8H,1-3,6-7,9-11H2,(H,18,19)(H2,16,17,20). The van der Waals surface area contributed by atoms with Gasteiger partial charge in [-0.25, -0.2) is 4.79 Å². The quantitative estimate of drug-likeness (QED) is 0.756. The fourth-order valence-electron chi connectivity index (χ4n) is 2.95. The maximum Gasteiger partial charge on any atom is 0.315 e. The first-order valence-electron chi connectivity index (χ1n) is 7.36. The molecule has 0 aromatic carbocycles. The van der Waals surface area contributed by atoms with Crippen LogP contribution in [0.25, 0.3) is 0 Å². The van der Waals surface area contributed by atoms with Crippen LogP contribution in [0.3, 0.4) is 0 Å². The molecule has 5 nitrogen and oxygen atoms in total. The lowest BCUT2D eigenvalue weighted by atomic mass is 9.72. The molecule has 0 radical (unpaired) electrons. The lowest BCUT2D eigenvalue weighted by Gasteiger charge is -2.36. The maximum atomic E-state index is 11.8. The summed E-state index contributed by atoms with van der Waals surface area (Å²) in [5.74, 6) is -0.780. The molecule has 3 N–H and O–H groups in total. The Morgan fingerprint density at radius 2 is 2.00 bits per heavy atom. The molecule has 0 spiro atoms. The Labute approximate surface area is 128 Å². The van der Waals surface area contributed by atoms with Crippen LogP contribution < -0.4 is 10.6 Å². The van der Waals surface area contributed by atoms with Gasteiger partial charge in [0.15, 0.2) is 0 Å². The molecule has 1 heterocycles. The summed E-state index contributed by atoms with van der Waals surface area (Å²) in [6.45, 7) is 0.949. The lowest BCUT2D eigenvalue weighted by Crippen LogP contribution is -2.44. The third-order valence-corrected chi connectivity index (χ3v) is 4.94. The summed E-state index contributed by atoms with van der Waals surface area (Å²) in [6.07, 6.45) is 5.15. The van der Waals surface area contributed by atoms with Crippen LogP contribution in [0.2, 0.25) is 0 Å². The van der Waals surface area contributed by atoms with Crippen molar-refractivity contribution in [3.05, 3.63) is 22.4 Å². The summed E-state index contributed by atoms with van der Waals surface area (Å²) >= 11 is 1.60. The van der Waals surface area contributed by atoms with Gasteiger partial charge in [-0.3, -0.25) is 4.79 Å². The minimum atomic E-state index is -0.780. The predicted molar refractivity (Wildman–Crippen MR) is 82.3 cm³/mol. The number of hydrogen-bond acceptors (Lipinski definition) is 3. The molecule has 0 aliphatic heterocycles. The van der Waals surface area contributed by atoms with Gasteiger partial charge in [0.25, 0.3) is 0 Å².